The Morgan fingerprint density at radius 2 is 1.62 bits per heavy atom. The molecule has 0 saturated heterocycles. The van der Waals surface area contributed by atoms with Crippen LogP contribution in [-0.4, -0.2) is 0 Å². The molecule has 1 aromatic rings. The molecule has 0 unspecified atom stereocenters. The van der Waals surface area contributed by atoms with Gasteiger partial charge in [0.1, 0.15) is 0 Å². The number of hydrogen-bond donors (Lipinski definition) is 0. The Morgan fingerprint density at radius 3 is 2.15 bits per heavy atom. The van der Waals surface area contributed by atoms with E-state index in [1.54, 1.807) is 0 Å². The summed E-state index contributed by atoms with van der Waals surface area (Å²) in [7, 11) is 0. The summed E-state index contributed by atoms with van der Waals surface area (Å²) in [6, 6.07) is 5.98. The van der Waals surface area contributed by atoms with E-state index in [0.29, 0.717) is 0 Å². The van der Waals surface area contributed by atoms with Crippen molar-refractivity contribution in [3.8, 4) is 0 Å². The van der Waals surface area contributed by atoms with Crippen LogP contribution < -0.4 is 0 Å². The predicted molar refractivity (Wildman–Crippen MR) is 75.5 cm³/mol. The molecule has 0 nitrogen and oxygen atoms in total. The third-order valence-electron chi connectivity index (χ3n) is 1.35. The fourth-order valence-electron chi connectivity index (χ4n) is 0.775. The lowest BCUT2D eigenvalue weighted by atomic mass is 10.2. The molecule has 5 heteroatoms. The summed E-state index contributed by atoms with van der Waals surface area (Å²) < 4.78 is 3.92. The monoisotopic (exact) mass is 494 g/mol. The highest BCUT2D eigenvalue weighted by Crippen LogP contribution is 2.38. The van der Waals surface area contributed by atoms with Crippen LogP contribution in [0.15, 0.2) is 30.5 Å². The number of rotatable bonds is 1. The van der Waals surface area contributed by atoms with Crippen LogP contribution in [0.1, 0.15) is 5.56 Å². The SMILES string of the molecule is BrC(Br)=C(Br)c1cccc(Br)c1Br. The molecule has 0 fully saturated rings. The molecule has 0 radical (unpaired) electrons. The molecule has 0 aromatic heterocycles. The molecule has 0 aliphatic carbocycles. The first kappa shape index (κ1) is 12.4. The van der Waals surface area contributed by atoms with Gasteiger partial charge in [0.25, 0.3) is 0 Å². The molecule has 0 aliphatic heterocycles. The molecule has 0 spiro atoms. The van der Waals surface area contributed by atoms with E-state index < -0.39 is 0 Å². The molecule has 0 atom stereocenters. The van der Waals surface area contributed by atoms with Crippen LogP contribution in [0.4, 0.5) is 0 Å². The van der Waals surface area contributed by atoms with E-state index in [1.807, 2.05) is 18.2 Å². The van der Waals surface area contributed by atoms with Gasteiger partial charge < -0.3 is 0 Å². The summed E-state index contributed by atoms with van der Waals surface area (Å²) in [5, 5.41) is 0. The highest BCUT2D eigenvalue weighted by molar-refractivity contribution is 9.29. The highest BCUT2D eigenvalue weighted by atomic mass is 79.9. The van der Waals surface area contributed by atoms with Crippen molar-refractivity contribution in [3.63, 3.8) is 0 Å². The number of halogens is 5. The van der Waals surface area contributed by atoms with Gasteiger partial charge in [-0.15, -0.1) is 0 Å². The van der Waals surface area contributed by atoms with E-state index in [0.717, 1.165) is 22.4 Å². The molecular weight excluding hydrogens is 496 g/mol. The summed E-state index contributed by atoms with van der Waals surface area (Å²) in [6.45, 7) is 0. The topological polar surface area (TPSA) is 0 Å². The minimum atomic E-state index is 0.888. The lowest BCUT2D eigenvalue weighted by Gasteiger charge is -2.05. The normalized spacial score (nSPS) is 9.92. The second-order valence-electron chi connectivity index (χ2n) is 2.18. The molecule has 70 valence electrons. The first-order chi connectivity index (χ1) is 6.04. The van der Waals surface area contributed by atoms with E-state index in [-0.39, 0.29) is 0 Å². The minimum Gasteiger partial charge on any atom is -0.0604 e. The molecule has 1 rings (SSSR count). The van der Waals surface area contributed by atoms with Gasteiger partial charge in [0, 0.05) is 19.0 Å². The second kappa shape index (κ2) is 5.45. The molecule has 1 aromatic carbocycles. The summed E-state index contributed by atoms with van der Waals surface area (Å²) in [5.74, 6) is 0. The maximum Gasteiger partial charge on any atom is 0.0752 e. The molecule has 13 heavy (non-hydrogen) atoms. The lowest BCUT2D eigenvalue weighted by Crippen LogP contribution is -1.80. The smallest absolute Gasteiger partial charge is 0.0604 e. The van der Waals surface area contributed by atoms with Crippen molar-refractivity contribution >= 4 is 84.1 Å². The fourth-order valence-corrected chi connectivity index (χ4v) is 2.63. The number of hydrogen-bond acceptors (Lipinski definition) is 0. The number of benzene rings is 1. The minimum absolute atomic E-state index is 0.888. The van der Waals surface area contributed by atoms with E-state index >= 15 is 0 Å². The van der Waals surface area contributed by atoms with Gasteiger partial charge in [-0.25, -0.2) is 0 Å². The van der Waals surface area contributed by atoms with Crippen LogP contribution in [0.25, 0.3) is 4.48 Å². The molecule has 0 N–H and O–H groups in total. The molecular formula is C8H3Br5. The van der Waals surface area contributed by atoms with E-state index in [2.05, 4.69) is 79.6 Å². The van der Waals surface area contributed by atoms with Gasteiger partial charge in [-0.1, -0.05) is 12.1 Å². The lowest BCUT2D eigenvalue weighted by molar-refractivity contribution is 1.55. The Bertz CT molecular complexity index is 352. The third-order valence-corrected chi connectivity index (χ3v) is 6.08. The van der Waals surface area contributed by atoms with Crippen LogP contribution >= 0.6 is 79.6 Å². The Hall–Kier alpha value is 1.36. The summed E-state index contributed by atoms with van der Waals surface area (Å²) in [4.78, 5) is 0. The summed E-state index contributed by atoms with van der Waals surface area (Å²) in [6.07, 6.45) is 0. The van der Waals surface area contributed by atoms with Crippen molar-refractivity contribution in [2.45, 2.75) is 0 Å². The molecule has 0 amide bonds. The zero-order valence-electron chi connectivity index (χ0n) is 6.12. The Labute approximate surface area is 119 Å². The van der Waals surface area contributed by atoms with Crippen LogP contribution in [0.2, 0.25) is 0 Å². The van der Waals surface area contributed by atoms with Gasteiger partial charge in [0.15, 0.2) is 0 Å². The van der Waals surface area contributed by atoms with Gasteiger partial charge in [-0.05, 0) is 85.7 Å². The van der Waals surface area contributed by atoms with Crippen molar-refractivity contribution in [1.29, 1.82) is 0 Å². The Morgan fingerprint density at radius 1 is 1.00 bits per heavy atom. The first-order valence-electron chi connectivity index (χ1n) is 3.19. The van der Waals surface area contributed by atoms with Crippen molar-refractivity contribution in [2.24, 2.45) is 0 Å². The standard InChI is InChI=1S/C8H3Br5/c9-5-3-1-2-4(6(5)10)7(11)8(12)13/h1-3H. The van der Waals surface area contributed by atoms with Gasteiger partial charge in [-0.3, -0.25) is 0 Å². The molecule has 0 saturated carbocycles. The first-order valence-corrected chi connectivity index (χ1v) is 7.15. The largest absolute Gasteiger partial charge is 0.0752 e. The maximum absolute atomic E-state index is 3.50. The van der Waals surface area contributed by atoms with Gasteiger partial charge in [0.2, 0.25) is 0 Å². The molecule has 0 heterocycles. The zero-order chi connectivity index (χ0) is 10.0. The van der Waals surface area contributed by atoms with E-state index in [4.69, 9.17) is 0 Å². The second-order valence-corrected chi connectivity index (χ2v) is 7.27. The summed E-state index contributed by atoms with van der Waals surface area (Å²) in [5.41, 5.74) is 1.08. The van der Waals surface area contributed by atoms with Crippen LogP contribution in [-0.2, 0) is 0 Å². The Balaban J connectivity index is 3.32. The molecule has 0 aliphatic rings. The zero-order valence-corrected chi connectivity index (χ0v) is 14.1. The van der Waals surface area contributed by atoms with E-state index in [9.17, 15) is 0 Å². The molecule has 0 bridgehead atoms. The highest BCUT2D eigenvalue weighted by Gasteiger charge is 2.08. The Kier molecular flexibility index (Phi) is 5.21. The average molecular weight is 499 g/mol. The van der Waals surface area contributed by atoms with Gasteiger partial charge in [0.05, 0.1) is 3.39 Å². The van der Waals surface area contributed by atoms with Crippen molar-refractivity contribution in [3.05, 3.63) is 36.1 Å². The van der Waals surface area contributed by atoms with Gasteiger partial charge in [-0.2, -0.15) is 0 Å². The van der Waals surface area contributed by atoms with Gasteiger partial charge >= 0.3 is 0 Å². The van der Waals surface area contributed by atoms with E-state index in [1.165, 1.54) is 0 Å². The van der Waals surface area contributed by atoms with Crippen LogP contribution in [0.3, 0.4) is 0 Å². The average Bonchev–Trinajstić information content (AvgIpc) is 2.08. The van der Waals surface area contributed by atoms with Crippen molar-refractivity contribution in [1.82, 2.24) is 0 Å². The predicted octanol–water partition coefficient (Wildman–Crippen LogP) is 6.02. The summed E-state index contributed by atoms with van der Waals surface area (Å²) >= 11 is 17.1. The van der Waals surface area contributed by atoms with Crippen LogP contribution in [0.5, 0.6) is 0 Å². The fraction of sp³-hybridized carbons (Fsp3) is 0. The van der Waals surface area contributed by atoms with Crippen LogP contribution in [0, 0.1) is 0 Å². The van der Waals surface area contributed by atoms with Crippen molar-refractivity contribution < 1.29 is 0 Å². The third kappa shape index (κ3) is 3.16. The quantitative estimate of drug-likeness (QED) is 0.444. The van der Waals surface area contributed by atoms with Crippen molar-refractivity contribution in [2.75, 3.05) is 0 Å². The maximum atomic E-state index is 3.50.